The first-order valence-corrected chi connectivity index (χ1v) is 10.5. The van der Waals surface area contributed by atoms with Crippen LogP contribution in [-0.2, 0) is 4.74 Å². The number of benzene rings is 3. The smallest absolute Gasteiger partial charge is 0.407 e. The van der Waals surface area contributed by atoms with Gasteiger partial charge < -0.3 is 10.1 Å². The minimum absolute atomic E-state index is 0.0548. The Labute approximate surface area is 186 Å². The normalized spacial score (nSPS) is 12.3. The fourth-order valence-electron chi connectivity index (χ4n) is 3.85. The van der Waals surface area contributed by atoms with Gasteiger partial charge in [-0.05, 0) is 46.4 Å². The largest absolute Gasteiger partial charge is 0.449 e. The molecule has 0 heterocycles. The standard InChI is InChI=1S/C26H21ClN2O2/c27-25-15-18(12-13-19(25)16-28)7-5-6-14-29-26(30)31-17-24-22-10-3-1-8-20(22)21-9-2-4-11-23(21)24/h1-5,7-13,15,24H,6,14,17H2,(H,29,30). The number of nitriles is 1. The highest BCUT2D eigenvalue weighted by atomic mass is 35.5. The Balaban J connectivity index is 1.27. The predicted octanol–water partition coefficient (Wildman–Crippen LogP) is 6.15. The summed E-state index contributed by atoms with van der Waals surface area (Å²) in [5, 5.41) is 12.1. The average molecular weight is 429 g/mol. The van der Waals surface area contributed by atoms with E-state index in [1.165, 1.54) is 22.3 Å². The summed E-state index contributed by atoms with van der Waals surface area (Å²) < 4.78 is 5.52. The number of hydrogen-bond donors (Lipinski definition) is 1. The second-order valence-corrected chi connectivity index (χ2v) is 7.70. The molecule has 1 aliphatic rings. The van der Waals surface area contributed by atoms with Gasteiger partial charge in [-0.1, -0.05) is 78.4 Å². The fraction of sp³-hybridized carbons (Fsp3) is 0.154. The molecule has 0 radical (unpaired) electrons. The third kappa shape index (κ3) is 4.63. The zero-order chi connectivity index (χ0) is 21.6. The highest BCUT2D eigenvalue weighted by Gasteiger charge is 2.28. The molecular weight excluding hydrogens is 408 g/mol. The molecule has 1 amide bonds. The first-order valence-electron chi connectivity index (χ1n) is 10.1. The molecule has 1 aliphatic carbocycles. The van der Waals surface area contributed by atoms with E-state index in [0.29, 0.717) is 30.2 Å². The molecule has 154 valence electrons. The van der Waals surface area contributed by atoms with E-state index < -0.39 is 6.09 Å². The van der Waals surface area contributed by atoms with E-state index in [0.717, 1.165) is 5.56 Å². The van der Waals surface area contributed by atoms with Crippen LogP contribution < -0.4 is 5.32 Å². The second kappa shape index (κ2) is 9.51. The van der Waals surface area contributed by atoms with E-state index >= 15 is 0 Å². The van der Waals surface area contributed by atoms with Crippen molar-refractivity contribution in [3.63, 3.8) is 0 Å². The van der Waals surface area contributed by atoms with Crippen molar-refractivity contribution in [3.05, 3.63) is 100 Å². The summed E-state index contributed by atoms with van der Waals surface area (Å²) >= 11 is 6.03. The molecule has 0 spiro atoms. The van der Waals surface area contributed by atoms with E-state index in [4.69, 9.17) is 21.6 Å². The van der Waals surface area contributed by atoms with Crippen molar-refractivity contribution >= 4 is 23.8 Å². The zero-order valence-electron chi connectivity index (χ0n) is 16.8. The number of halogens is 1. The van der Waals surface area contributed by atoms with Gasteiger partial charge in [-0.25, -0.2) is 4.79 Å². The third-order valence-electron chi connectivity index (χ3n) is 5.35. The number of nitrogens with zero attached hydrogens (tertiary/aromatic N) is 1. The summed E-state index contributed by atoms with van der Waals surface area (Å²) in [5.41, 5.74) is 6.17. The highest BCUT2D eigenvalue weighted by molar-refractivity contribution is 6.31. The van der Waals surface area contributed by atoms with Gasteiger partial charge in [0.05, 0.1) is 10.6 Å². The quantitative estimate of drug-likeness (QED) is 0.478. The predicted molar refractivity (Wildman–Crippen MR) is 123 cm³/mol. The van der Waals surface area contributed by atoms with Crippen LogP contribution in [0.2, 0.25) is 5.02 Å². The van der Waals surface area contributed by atoms with Gasteiger partial charge >= 0.3 is 6.09 Å². The lowest BCUT2D eigenvalue weighted by molar-refractivity contribution is 0.143. The highest BCUT2D eigenvalue weighted by Crippen LogP contribution is 2.44. The van der Waals surface area contributed by atoms with Crippen LogP contribution in [0.4, 0.5) is 4.79 Å². The topological polar surface area (TPSA) is 62.1 Å². The number of hydrogen-bond acceptors (Lipinski definition) is 3. The molecule has 4 nitrogen and oxygen atoms in total. The van der Waals surface area contributed by atoms with Crippen LogP contribution in [0.25, 0.3) is 17.2 Å². The Morgan fingerprint density at radius 2 is 1.74 bits per heavy atom. The molecular formula is C26H21ClN2O2. The van der Waals surface area contributed by atoms with Gasteiger partial charge in [-0.2, -0.15) is 5.26 Å². The van der Waals surface area contributed by atoms with E-state index in [1.807, 2.05) is 48.6 Å². The molecule has 0 aliphatic heterocycles. The first-order chi connectivity index (χ1) is 15.2. The van der Waals surface area contributed by atoms with Gasteiger partial charge in [-0.15, -0.1) is 0 Å². The van der Waals surface area contributed by atoms with E-state index in [1.54, 1.807) is 12.1 Å². The molecule has 4 rings (SSSR count). The maximum Gasteiger partial charge on any atom is 0.407 e. The molecule has 5 heteroatoms. The lowest BCUT2D eigenvalue weighted by Crippen LogP contribution is -2.26. The maximum absolute atomic E-state index is 12.2. The minimum Gasteiger partial charge on any atom is -0.449 e. The Morgan fingerprint density at radius 1 is 1.06 bits per heavy atom. The Morgan fingerprint density at radius 3 is 2.39 bits per heavy atom. The fourth-order valence-corrected chi connectivity index (χ4v) is 4.08. The van der Waals surface area contributed by atoms with Crippen LogP contribution in [0, 0.1) is 11.3 Å². The van der Waals surface area contributed by atoms with Crippen molar-refractivity contribution < 1.29 is 9.53 Å². The molecule has 0 unspecified atom stereocenters. The van der Waals surface area contributed by atoms with Crippen molar-refractivity contribution in [2.45, 2.75) is 12.3 Å². The van der Waals surface area contributed by atoms with Gasteiger partial charge in [0.25, 0.3) is 0 Å². The van der Waals surface area contributed by atoms with Crippen LogP contribution in [-0.4, -0.2) is 19.2 Å². The maximum atomic E-state index is 12.2. The second-order valence-electron chi connectivity index (χ2n) is 7.29. The molecule has 0 aromatic heterocycles. The Kier molecular flexibility index (Phi) is 6.35. The van der Waals surface area contributed by atoms with E-state index in [9.17, 15) is 4.79 Å². The van der Waals surface area contributed by atoms with Gasteiger partial charge in [0, 0.05) is 12.5 Å². The van der Waals surface area contributed by atoms with Crippen molar-refractivity contribution in [2.24, 2.45) is 0 Å². The third-order valence-corrected chi connectivity index (χ3v) is 5.66. The molecule has 1 N–H and O–H groups in total. The van der Waals surface area contributed by atoms with Crippen molar-refractivity contribution in [3.8, 4) is 17.2 Å². The van der Waals surface area contributed by atoms with Crippen molar-refractivity contribution in [1.82, 2.24) is 5.32 Å². The molecule has 0 saturated carbocycles. The number of amides is 1. The van der Waals surface area contributed by atoms with E-state index in [2.05, 4.69) is 29.6 Å². The van der Waals surface area contributed by atoms with Gasteiger partial charge in [0.15, 0.2) is 0 Å². The Bertz CT molecular complexity index is 1130. The van der Waals surface area contributed by atoms with Crippen LogP contribution in [0.1, 0.15) is 34.6 Å². The monoisotopic (exact) mass is 428 g/mol. The molecule has 31 heavy (non-hydrogen) atoms. The van der Waals surface area contributed by atoms with Crippen LogP contribution >= 0.6 is 11.6 Å². The Hall–Kier alpha value is -3.55. The van der Waals surface area contributed by atoms with Crippen LogP contribution in [0.3, 0.4) is 0 Å². The lowest BCUT2D eigenvalue weighted by Gasteiger charge is -2.14. The summed E-state index contributed by atoms with van der Waals surface area (Å²) in [6.07, 6.45) is 4.09. The minimum atomic E-state index is -0.420. The molecule has 0 saturated heterocycles. The number of alkyl carbamates (subject to hydrolysis) is 1. The number of carbonyl (C=O) groups excluding carboxylic acids is 1. The van der Waals surface area contributed by atoms with E-state index in [-0.39, 0.29) is 5.92 Å². The number of ether oxygens (including phenoxy) is 1. The molecule has 3 aromatic carbocycles. The van der Waals surface area contributed by atoms with Gasteiger partial charge in [0.1, 0.15) is 12.7 Å². The summed E-state index contributed by atoms with van der Waals surface area (Å²) in [7, 11) is 0. The zero-order valence-corrected chi connectivity index (χ0v) is 17.6. The first kappa shape index (κ1) is 20.7. The number of carbonyl (C=O) groups is 1. The molecule has 3 aromatic rings. The molecule has 0 fully saturated rings. The van der Waals surface area contributed by atoms with Crippen LogP contribution in [0.5, 0.6) is 0 Å². The number of rotatable bonds is 6. The average Bonchev–Trinajstić information content (AvgIpc) is 3.11. The summed E-state index contributed by atoms with van der Waals surface area (Å²) in [5.74, 6) is 0.0548. The number of fused-ring (bicyclic) bond motifs is 3. The molecule has 0 bridgehead atoms. The van der Waals surface area contributed by atoms with Crippen LogP contribution in [0.15, 0.2) is 72.8 Å². The SMILES string of the molecule is N#Cc1ccc(C=CCCNC(=O)OCC2c3ccccc3-c3ccccc32)cc1Cl. The van der Waals surface area contributed by atoms with Crippen molar-refractivity contribution in [2.75, 3.05) is 13.2 Å². The van der Waals surface area contributed by atoms with Gasteiger partial charge in [-0.3, -0.25) is 0 Å². The number of nitrogens with one attached hydrogen (secondary N) is 1. The summed E-state index contributed by atoms with van der Waals surface area (Å²) in [4.78, 5) is 12.2. The van der Waals surface area contributed by atoms with Crippen molar-refractivity contribution in [1.29, 1.82) is 5.26 Å². The van der Waals surface area contributed by atoms with Gasteiger partial charge in [0.2, 0.25) is 0 Å². The summed E-state index contributed by atoms with van der Waals surface area (Å²) in [6, 6.07) is 23.8. The lowest BCUT2D eigenvalue weighted by atomic mass is 9.98. The molecule has 0 atom stereocenters. The summed E-state index contributed by atoms with van der Waals surface area (Å²) in [6.45, 7) is 0.774.